The lowest BCUT2D eigenvalue weighted by Gasteiger charge is -2.60. The second-order valence-corrected chi connectivity index (χ2v) is 9.81. The van der Waals surface area contributed by atoms with Crippen molar-refractivity contribution >= 4 is 11.8 Å². The number of hydrogen-bond acceptors (Lipinski definition) is 3. The van der Waals surface area contributed by atoms with E-state index in [1.165, 1.54) is 31.4 Å². The number of hydrogen-bond donors (Lipinski definition) is 1. The second kappa shape index (κ2) is 7.38. The number of nitrogens with zero attached hydrogens (tertiary/aromatic N) is 2. The van der Waals surface area contributed by atoms with E-state index in [9.17, 15) is 14.0 Å². The van der Waals surface area contributed by atoms with Crippen LogP contribution in [0, 0.1) is 23.6 Å². The summed E-state index contributed by atoms with van der Waals surface area (Å²) in [5.41, 5.74) is 0.921. The Balaban J connectivity index is 1.40. The number of carbonyl (C=O) groups excluding carboxylic acids is 2. The zero-order chi connectivity index (χ0) is 20.0. The minimum Gasteiger partial charge on any atom is -0.354 e. The predicted octanol–water partition coefficient (Wildman–Crippen LogP) is 2.55. The Kier molecular flexibility index (Phi) is 4.85. The maximum absolute atomic E-state index is 13.6. The van der Waals surface area contributed by atoms with Crippen LogP contribution in [0.5, 0.6) is 0 Å². The van der Waals surface area contributed by atoms with E-state index in [-0.39, 0.29) is 36.3 Å². The maximum atomic E-state index is 13.6. The molecule has 1 N–H and O–H groups in total. The van der Waals surface area contributed by atoms with Crippen LogP contribution < -0.4 is 5.32 Å². The highest BCUT2D eigenvalue weighted by molar-refractivity contribution is 5.82. The van der Waals surface area contributed by atoms with Gasteiger partial charge >= 0.3 is 0 Å². The molecule has 0 atom stereocenters. The van der Waals surface area contributed by atoms with E-state index in [0.717, 1.165) is 42.6 Å². The highest BCUT2D eigenvalue weighted by Gasteiger charge is 2.54. The van der Waals surface area contributed by atoms with Crippen molar-refractivity contribution in [1.29, 1.82) is 0 Å². The molecule has 4 bridgehead atoms. The largest absolute Gasteiger partial charge is 0.354 e. The molecule has 0 spiro atoms. The molecule has 6 heteroatoms. The highest BCUT2D eigenvalue weighted by Crippen LogP contribution is 2.58. The fraction of sp³-hybridized carbons (Fsp3) is 0.652. The normalized spacial score (nSPS) is 33.6. The topological polar surface area (TPSA) is 52.7 Å². The van der Waals surface area contributed by atoms with E-state index in [2.05, 4.69) is 10.2 Å². The molecule has 0 aromatic heterocycles. The minimum absolute atomic E-state index is 0.0102. The first-order chi connectivity index (χ1) is 14.0. The Labute approximate surface area is 171 Å². The molecule has 5 aliphatic rings. The predicted molar refractivity (Wildman–Crippen MR) is 107 cm³/mol. The van der Waals surface area contributed by atoms with Gasteiger partial charge in [0.15, 0.2) is 0 Å². The molecule has 29 heavy (non-hydrogen) atoms. The van der Waals surface area contributed by atoms with Gasteiger partial charge in [-0.05, 0) is 74.0 Å². The Morgan fingerprint density at radius 2 is 1.72 bits per heavy atom. The van der Waals surface area contributed by atoms with Crippen molar-refractivity contribution < 1.29 is 14.0 Å². The van der Waals surface area contributed by atoms with Crippen LogP contribution >= 0.6 is 0 Å². The first-order valence-electron chi connectivity index (χ1n) is 11.0. The zero-order valence-corrected chi connectivity index (χ0v) is 16.9. The quantitative estimate of drug-likeness (QED) is 0.828. The van der Waals surface area contributed by atoms with Crippen molar-refractivity contribution in [3.05, 3.63) is 35.6 Å². The van der Waals surface area contributed by atoms with Crippen LogP contribution in [-0.2, 0) is 16.1 Å². The number of halogens is 1. The summed E-state index contributed by atoms with van der Waals surface area (Å²) in [5, 5.41) is 2.83. The van der Waals surface area contributed by atoms with Gasteiger partial charge in [-0.15, -0.1) is 0 Å². The molecule has 2 amide bonds. The van der Waals surface area contributed by atoms with Gasteiger partial charge in [0.2, 0.25) is 11.8 Å². The lowest BCUT2D eigenvalue weighted by molar-refractivity contribution is -0.154. The molecule has 5 fully saturated rings. The third kappa shape index (κ3) is 3.79. The molecule has 156 valence electrons. The third-order valence-corrected chi connectivity index (χ3v) is 7.61. The average Bonchev–Trinajstić information content (AvgIpc) is 2.66. The first kappa shape index (κ1) is 19.0. The van der Waals surface area contributed by atoms with Crippen LogP contribution in [-0.4, -0.2) is 53.3 Å². The molecule has 4 saturated carbocycles. The molecule has 6 rings (SSSR count). The molecular formula is C23H30FN3O2. The Hall–Kier alpha value is -1.95. The summed E-state index contributed by atoms with van der Waals surface area (Å²) < 4.78 is 13.4. The maximum Gasteiger partial charge on any atom is 0.237 e. The van der Waals surface area contributed by atoms with Crippen molar-refractivity contribution in [2.75, 3.05) is 26.2 Å². The van der Waals surface area contributed by atoms with E-state index in [0.29, 0.717) is 19.6 Å². The van der Waals surface area contributed by atoms with Gasteiger partial charge in [0, 0.05) is 25.2 Å². The summed E-state index contributed by atoms with van der Waals surface area (Å²) in [6.07, 6.45) is 7.28. The van der Waals surface area contributed by atoms with Crippen molar-refractivity contribution in [2.24, 2.45) is 17.8 Å². The molecule has 1 saturated heterocycles. The fourth-order valence-electron chi connectivity index (χ4n) is 6.79. The fourth-order valence-corrected chi connectivity index (χ4v) is 6.79. The van der Waals surface area contributed by atoms with Gasteiger partial charge in [-0.2, -0.15) is 0 Å². The summed E-state index contributed by atoms with van der Waals surface area (Å²) in [6, 6.07) is 6.55. The van der Waals surface area contributed by atoms with Crippen LogP contribution in [0.1, 0.15) is 44.1 Å². The van der Waals surface area contributed by atoms with Gasteiger partial charge in [0.1, 0.15) is 5.82 Å². The molecular weight excluding hydrogens is 369 g/mol. The summed E-state index contributed by atoms with van der Waals surface area (Å²) in [6.45, 7) is 2.42. The number of rotatable bonds is 5. The van der Waals surface area contributed by atoms with Gasteiger partial charge in [-0.25, -0.2) is 4.39 Å². The Morgan fingerprint density at radius 3 is 2.31 bits per heavy atom. The molecule has 5 nitrogen and oxygen atoms in total. The lowest BCUT2D eigenvalue weighted by atomic mass is 9.52. The van der Waals surface area contributed by atoms with Gasteiger partial charge in [-0.1, -0.05) is 12.1 Å². The van der Waals surface area contributed by atoms with Crippen molar-refractivity contribution in [2.45, 2.75) is 50.6 Å². The number of carbonyl (C=O) groups is 2. The van der Waals surface area contributed by atoms with Crippen LogP contribution in [0.25, 0.3) is 0 Å². The highest BCUT2D eigenvalue weighted by atomic mass is 19.1. The zero-order valence-electron chi connectivity index (χ0n) is 16.9. The summed E-state index contributed by atoms with van der Waals surface area (Å²) in [7, 11) is 0. The van der Waals surface area contributed by atoms with Gasteiger partial charge < -0.3 is 10.2 Å². The second-order valence-electron chi connectivity index (χ2n) is 9.81. The minimum atomic E-state index is -0.249. The molecule has 1 heterocycles. The average molecular weight is 400 g/mol. The number of nitrogens with one attached hydrogen (secondary N) is 1. The van der Waals surface area contributed by atoms with Crippen molar-refractivity contribution in [3.63, 3.8) is 0 Å². The Bertz CT molecular complexity index is 759. The van der Waals surface area contributed by atoms with Crippen LogP contribution in [0.3, 0.4) is 0 Å². The molecule has 0 radical (unpaired) electrons. The number of piperazine rings is 1. The molecule has 0 unspecified atom stereocenters. The molecule has 4 aliphatic carbocycles. The van der Waals surface area contributed by atoms with E-state index < -0.39 is 0 Å². The molecule has 1 aromatic rings. The molecule has 1 aliphatic heterocycles. The lowest BCUT2D eigenvalue weighted by Crippen LogP contribution is -2.62. The summed E-state index contributed by atoms with van der Waals surface area (Å²) >= 11 is 0. The van der Waals surface area contributed by atoms with Crippen molar-refractivity contribution in [1.82, 2.24) is 15.1 Å². The van der Waals surface area contributed by atoms with Crippen LogP contribution in [0.4, 0.5) is 4.39 Å². The van der Waals surface area contributed by atoms with Gasteiger partial charge in [0.25, 0.3) is 0 Å². The SMILES string of the molecule is O=C1CN(CC(=O)N(Cc2ccc(F)cc2)C23CC4CC(CC(C4)C2)C3)CCN1. The van der Waals surface area contributed by atoms with Gasteiger partial charge in [0.05, 0.1) is 13.1 Å². The third-order valence-electron chi connectivity index (χ3n) is 7.61. The smallest absolute Gasteiger partial charge is 0.237 e. The first-order valence-corrected chi connectivity index (χ1v) is 11.0. The van der Waals surface area contributed by atoms with Crippen LogP contribution in [0.2, 0.25) is 0 Å². The van der Waals surface area contributed by atoms with E-state index in [1.807, 2.05) is 4.90 Å². The van der Waals surface area contributed by atoms with Gasteiger partial charge in [-0.3, -0.25) is 14.5 Å². The van der Waals surface area contributed by atoms with E-state index in [1.54, 1.807) is 12.1 Å². The standard InChI is InChI=1S/C23H30FN3O2/c24-20-3-1-16(2-4-20)13-27(22(29)15-26-6-5-25-21(28)14-26)23-10-17-7-18(11-23)9-19(8-17)12-23/h1-4,17-19H,5-15H2,(H,25,28). The monoisotopic (exact) mass is 399 g/mol. The molecule has 1 aromatic carbocycles. The number of benzene rings is 1. The summed E-state index contributed by atoms with van der Waals surface area (Å²) in [4.78, 5) is 29.4. The van der Waals surface area contributed by atoms with E-state index >= 15 is 0 Å². The van der Waals surface area contributed by atoms with E-state index in [4.69, 9.17) is 0 Å². The number of amides is 2. The van der Waals surface area contributed by atoms with Crippen molar-refractivity contribution in [3.8, 4) is 0 Å². The van der Waals surface area contributed by atoms with Crippen LogP contribution in [0.15, 0.2) is 24.3 Å². The summed E-state index contributed by atoms with van der Waals surface area (Å²) in [5.74, 6) is 2.08. The Morgan fingerprint density at radius 1 is 1.10 bits per heavy atom.